The maximum Gasteiger partial charge on any atom is 0.305 e. The molecule has 468 valence electrons. The highest BCUT2D eigenvalue weighted by molar-refractivity contribution is 5.76. The van der Waals surface area contributed by atoms with E-state index >= 15 is 0 Å². The van der Waals surface area contributed by atoms with Gasteiger partial charge in [0.1, 0.15) is 0 Å². The zero-order chi connectivity index (χ0) is 57.1. The molecule has 0 aromatic rings. The zero-order valence-electron chi connectivity index (χ0n) is 53.6. The van der Waals surface area contributed by atoms with Gasteiger partial charge in [-0.15, -0.1) is 0 Å². The normalized spacial score (nSPS) is 12.6. The van der Waals surface area contributed by atoms with Crippen LogP contribution in [0.25, 0.3) is 0 Å². The zero-order valence-corrected chi connectivity index (χ0v) is 53.6. The van der Waals surface area contributed by atoms with Crippen LogP contribution in [0.3, 0.4) is 0 Å². The van der Waals surface area contributed by atoms with E-state index in [1.807, 2.05) is 6.08 Å². The van der Waals surface area contributed by atoms with Crippen molar-refractivity contribution in [2.75, 3.05) is 13.2 Å². The predicted octanol–water partition coefficient (Wildman–Crippen LogP) is 23.3. The van der Waals surface area contributed by atoms with Crippen molar-refractivity contribution in [3.8, 4) is 0 Å². The van der Waals surface area contributed by atoms with Gasteiger partial charge in [0.15, 0.2) is 0 Å². The Morgan fingerprint density at radius 3 is 0.899 bits per heavy atom. The maximum atomic E-state index is 12.5. The van der Waals surface area contributed by atoms with Crippen molar-refractivity contribution >= 4 is 11.9 Å². The number of amides is 1. The molecule has 79 heavy (non-hydrogen) atoms. The van der Waals surface area contributed by atoms with Crippen molar-refractivity contribution in [3.63, 3.8) is 0 Å². The minimum absolute atomic E-state index is 0.0203. The molecule has 6 nitrogen and oxygen atoms in total. The average Bonchev–Trinajstić information content (AvgIpc) is 3.45. The number of allylic oxidation sites excluding steroid dienone is 3. The molecular formula is C73H141NO5. The van der Waals surface area contributed by atoms with Gasteiger partial charge in [-0.2, -0.15) is 0 Å². The maximum absolute atomic E-state index is 12.5. The fraction of sp³-hybridized carbons (Fsp3) is 0.918. The summed E-state index contributed by atoms with van der Waals surface area (Å²) in [6.07, 6.45) is 87.0. The molecule has 2 atom stereocenters. The highest BCUT2D eigenvalue weighted by atomic mass is 16.5. The third-order valence-corrected chi connectivity index (χ3v) is 17.0. The Morgan fingerprint density at radius 2 is 0.595 bits per heavy atom. The largest absolute Gasteiger partial charge is 0.466 e. The van der Waals surface area contributed by atoms with Gasteiger partial charge in [0.25, 0.3) is 0 Å². The highest BCUT2D eigenvalue weighted by Crippen LogP contribution is 2.19. The van der Waals surface area contributed by atoms with Crippen LogP contribution in [-0.4, -0.2) is 47.4 Å². The van der Waals surface area contributed by atoms with Crippen molar-refractivity contribution in [1.29, 1.82) is 0 Å². The number of aliphatic hydroxyl groups excluding tert-OH is 2. The molecule has 0 fully saturated rings. The number of rotatable bonds is 68. The van der Waals surface area contributed by atoms with E-state index in [0.29, 0.717) is 19.4 Å². The van der Waals surface area contributed by atoms with Gasteiger partial charge in [0, 0.05) is 12.8 Å². The Labute approximate surface area is 494 Å². The molecule has 0 saturated heterocycles. The monoisotopic (exact) mass is 1110 g/mol. The van der Waals surface area contributed by atoms with Crippen LogP contribution in [-0.2, 0) is 14.3 Å². The number of hydrogen-bond donors (Lipinski definition) is 3. The van der Waals surface area contributed by atoms with Gasteiger partial charge in [-0.3, -0.25) is 9.59 Å². The lowest BCUT2D eigenvalue weighted by Crippen LogP contribution is -2.45. The average molecular weight is 1110 g/mol. The lowest BCUT2D eigenvalue weighted by Gasteiger charge is -2.20. The smallest absolute Gasteiger partial charge is 0.305 e. The summed E-state index contributed by atoms with van der Waals surface area (Å²) in [4.78, 5) is 24.6. The summed E-state index contributed by atoms with van der Waals surface area (Å²) < 4.78 is 5.50. The molecule has 0 bridgehead atoms. The lowest BCUT2D eigenvalue weighted by molar-refractivity contribution is -0.143. The standard InChI is InChI=1S/C73H141NO5/c1-3-5-7-9-11-13-15-17-19-35-38-41-45-49-53-57-61-65-71(76)70(69-75)74-72(77)66-62-58-54-50-46-42-39-36-33-31-29-27-25-23-21-20-22-24-26-28-30-32-34-37-40-44-48-52-56-60-64-68-79-73(78)67-63-59-55-51-47-43-18-16-14-12-10-8-6-4-2/h22,24,61,65,70-71,75-76H,3-21,23,25-60,62-64,66-69H2,1-2H3,(H,74,77)/b24-22-,65-61+. The highest BCUT2D eigenvalue weighted by Gasteiger charge is 2.18. The first kappa shape index (κ1) is 77.3. The van der Waals surface area contributed by atoms with Crippen LogP contribution in [0.2, 0.25) is 0 Å². The quantitative estimate of drug-likeness (QED) is 0.0320. The fourth-order valence-corrected chi connectivity index (χ4v) is 11.5. The second kappa shape index (κ2) is 68.8. The van der Waals surface area contributed by atoms with Gasteiger partial charge in [-0.05, 0) is 57.8 Å². The molecule has 2 unspecified atom stereocenters. The topological polar surface area (TPSA) is 95.9 Å². The molecule has 3 N–H and O–H groups in total. The predicted molar refractivity (Wildman–Crippen MR) is 347 cm³/mol. The van der Waals surface area contributed by atoms with Gasteiger partial charge in [0.2, 0.25) is 5.91 Å². The number of carbonyl (C=O) groups is 2. The van der Waals surface area contributed by atoms with E-state index in [4.69, 9.17) is 4.74 Å². The SMILES string of the molecule is CCCCCCCCCCCCCCCCC/C=C/C(O)C(CO)NC(=O)CCCCCCCCCCCCCCCCC/C=C\CCCCCCCCCCCCCCOC(=O)CCCCCCCCCCCCCCCC. The number of aliphatic hydroxyl groups is 2. The summed E-state index contributed by atoms with van der Waals surface area (Å²) >= 11 is 0. The number of ether oxygens (including phenoxy) is 1. The Morgan fingerprint density at radius 1 is 0.342 bits per heavy atom. The van der Waals surface area contributed by atoms with Crippen molar-refractivity contribution < 1.29 is 24.5 Å². The van der Waals surface area contributed by atoms with Crippen LogP contribution < -0.4 is 5.32 Å². The van der Waals surface area contributed by atoms with E-state index in [1.54, 1.807) is 6.08 Å². The first-order chi connectivity index (χ1) is 39.0. The molecule has 6 heteroatoms. The number of nitrogens with one attached hydrogen (secondary N) is 1. The summed E-state index contributed by atoms with van der Waals surface area (Å²) in [5.74, 6) is -0.0422. The number of carbonyl (C=O) groups excluding carboxylic acids is 2. The van der Waals surface area contributed by atoms with Crippen molar-refractivity contribution in [2.45, 2.75) is 418 Å². The van der Waals surface area contributed by atoms with Gasteiger partial charge in [0.05, 0.1) is 25.4 Å². The molecule has 0 aliphatic heterocycles. The Balaban J connectivity index is 3.37. The Kier molecular flexibility index (Phi) is 67.4. The Bertz CT molecular complexity index is 1230. The second-order valence-electron chi connectivity index (χ2n) is 24.9. The van der Waals surface area contributed by atoms with Crippen LogP contribution in [0.5, 0.6) is 0 Å². The van der Waals surface area contributed by atoms with Gasteiger partial charge >= 0.3 is 5.97 Å². The minimum Gasteiger partial charge on any atom is -0.466 e. The molecule has 0 aromatic heterocycles. The van der Waals surface area contributed by atoms with E-state index in [1.165, 1.54) is 340 Å². The first-order valence-electron chi connectivity index (χ1n) is 36.1. The number of esters is 1. The van der Waals surface area contributed by atoms with Gasteiger partial charge < -0.3 is 20.3 Å². The third-order valence-electron chi connectivity index (χ3n) is 17.0. The lowest BCUT2D eigenvalue weighted by atomic mass is 10.0. The van der Waals surface area contributed by atoms with Crippen LogP contribution in [0.4, 0.5) is 0 Å². The molecular weight excluding hydrogens is 971 g/mol. The van der Waals surface area contributed by atoms with Crippen LogP contribution >= 0.6 is 0 Å². The van der Waals surface area contributed by atoms with E-state index < -0.39 is 12.1 Å². The molecule has 0 aliphatic carbocycles. The molecule has 0 aromatic carbocycles. The summed E-state index contributed by atoms with van der Waals surface area (Å²) in [6.45, 7) is 4.94. The van der Waals surface area contributed by atoms with E-state index in [-0.39, 0.29) is 18.5 Å². The summed E-state index contributed by atoms with van der Waals surface area (Å²) in [7, 11) is 0. The minimum atomic E-state index is -0.843. The number of hydrogen-bond acceptors (Lipinski definition) is 5. The number of unbranched alkanes of at least 4 members (excludes halogenated alkanes) is 55. The summed E-state index contributed by atoms with van der Waals surface area (Å²) in [6, 6.07) is -0.626. The second-order valence-corrected chi connectivity index (χ2v) is 24.9. The van der Waals surface area contributed by atoms with Crippen molar-refractivity contribution in [2.24, 2.45) is 0 Å². The van der Waals surface area contributed by atoms with Crippen LogP contribution in [0, 0.1) is 0 Å². The molecule has 0 heterocycles. The van der Waals surface area contributed by atoms with Gasteiger partial charge in [-0.1, -0.05) is 359 Å². The van der Waals surface area contributed by atoms with Crippen LogP contribution in [0.15, 0.2) is 24.3 Å². The molecule has 0 saturated carbocycles. The summed E-state index contributed by atoms with van der Waals surface area (Å²) in [5.41, 5.74) is 0. The van der Waals surface area contributed by atoms with Crippen molar-refractivity contribution in [1.82, 2.24) is 5.32 Å². The van der Waals surface area contributed by atoms with E-state index in [2.05, 4.69) is 31.3 Å². The third kappa shape index (κ3) is 65.4. The Hall–Kier alpha value is -1.66. The molecule has 0 radical (unpaired) electrons. The molecule has 0 aliphatic rings. The first-order valence-corrected chi connectivity index (χ1v) is 36.1. The summed E-state index contributed by atoms with van der Waals surface area (Å²) in [5, 5.41) is 23.2. The van der Waals surface area contributed by atoms with E-state index in [0.717, 1.165) is 38.5 Å². The van der Waals surface area contributed by atoms with Gasteiger partial charge in [-0.25, -0.2) is 0 Å². The molecule has 0 rings (SSSR count). The van der Waals surface area contributed by atoms with Crippen molar-refractivity contribution in [3.05, 3.63) is 24.3 Å². The molecule has 0 spiro atoms. The van der Waals surface area contributed by atoms with E-state index in [9.17, 15) is 19.8 Å². The van der Waals surface area contributed by atoms with Crippen LogP contribution in [0.1, 0.15) is 406 Å². The molecule has 1 amide bonds. The fourth-order valence-electron chi connectivity index (χ4n) is 11.5.